The quantitative estimate of drug-likeness (QED) is 0.247. The first-order chi connectivity index (χ1) is 17.2. The number of fused-ring (bicyclic) bond motifs is 2. The summed E-state index contributed by atoms with van der Waals surface area (Å²) in [7, 11) is -1.80. The zero-order valence-corrected chi connectivity index (χ0v) is 21.7. The standard InChI is InChI=1S/C34H32Si/c1-3-20-35(2,29-21-27-16-10-18-31(33(27)23-29)25-12-6-4-7-13-25)30-22-28-17-11-19-32(34(28)24-30)26-14-8-5-9-15-26/h4-19,23-24H,3,20-22H2,1-2H3. The molecule has 172 valence electrons. The zero-order chi connectivity index (χ0) is 23.8. The van der Waals surface area contributed by atoms with Crippen molar-refractivity contribution in [3.05, 3.63) is 130 Å². The Kier molecular flexibility index (Phi) is 5.66. The maximum Gasteiger partial charge on any atom is 0.106 e. The Labute approximate surface area is 210 Å². The van der Waals surface area contributed by atoms with Crippen molar-refractivity contribution in [2.75, 3.05) is 0 Å². The summed E-state index contributed by atoms with van der Waals surface area (Å²) in [5.74, 6) is 0. The summed E-state index contributed by atoms with van der Waals surface area (Å²) in [4.78, 5) is 0. The van der Waals surface area contributed by atoms with Gasteiger partial charge >= 0.3 is 0 Å². The second kappa shape index (κ2) is 8.98. The molecule has 0 saturated heterocycles. The highest BCUT2D eigenvalue weighted by molar-refractivity contribution is 6.93. The molecule has 6 rings (SSSR count). The molecule has 0 aliphatic heterocycles. The van der Waals surface area contributed by atoms with Crippen LogP contribution in [0.25, 0.3) is 34.4 Å². The Bertz CT molecular complexity index is 1330. The lowest BCUT2D eigenvalue weighted by molar-refractivity contribution is 1.03. The van der Waals surface area contributed by atoms with Crippen molar-refractivity contribution < 1.29 is 0 Å². The Morgan fingerprint density at radius 2 is 1.03 bits per heavy atom. The molecule has 0 bridgehead atoms. The van der Waals surface area contributed by atoms with Gasteiger partial charge in [0.25, 0.3) is 0 Å². The van der Waals surface area contributed by atoms with Gasteiger partial charge in [-0.25, -0.2) is 0 Å². The predicted molar refractivity (Wildman–Crippen MR) is 154 cm³/mol. The van der Waals surface area contributed by atoms with Crippen molar-refractivity contribution in [2.24, 2.45) is 0 Å². The largest absolute Gasteiger partial charge is 0.106 e. The molecule has 0 N–H and O–H groups in total. The van der Waals surface area contributed by atoms with Crippen LogP contribution in [0.3, 0.4) is 0 Å². The van der Waals surface area contributed by atoms with Crippen LogP contribution in [0.5, 0.6) is 0 Å². The van der Waals surface area contributed by atoms with E-state index in [2.05, 4.69) is 123 Å². The first-order valence-electron chi connectivity index (χ1n) is 12.9. The molecule has 0 spiro atoms. The summed E-state index contributed by atoms with van der Waals surface area (Å²) in [6.07, 6.45) is 8.63. The molecular formula is C34H32Si. The second-order valence-corrected chi connectivity index (χ2v) is 14.7. The van der Waals surface area contributed by atoms with Gasteiger partial charge in [0.1, 0.15) is 8.07 Å². The first kappa shape index (κ1) is 22.1. The summed E-state index contributed by atoms with van der Waals surface area (Å²) in [6, 6.07) is 36.8. The van der Waals surface area contributed by atoms with Crippen LogP contribution in [0, 0.1) is 0 Å². The molecule has 0 atom stereocenters. The highest BCUT2D eigenvalue weighted by Gasteiger charge is 2.39. The van der Waals surface area contributed by atoms with Gasteiger partial charge in [-0.3, -0.25) is 0 Å². The average molecular weight is 469 g/mol. The molecule has 4 aromatic rings. The van der Waals surface area contributed by atoms with Gasteiger partial charge in [0.15, 0.2) is 0 Å². The number of hydrogen-bond donors (Lipinski definition) is 0. The SMILES string of the molecule is CCC[Si](C)(C1=Cc2c(cccc2-c2ccccc2)C1)C1=Cc2c(cccc2-c2ccccc2)C1. The van der Waals surface area contributed by atoms with Crippen LogP contribution in [0.4, 0.5) is 0 Å². The summed E-state index contributed by atoms with van der Waals surface area (Å²) in [6.45, 7) is 5.00. The maximum atomic E-state index is 2.64. The van der Waals surface area contributed by atoms with E-state index in [-0.39, 0.29) is 0 Å². The number of hydrogen-bond acceptors (Lipinski definition) is 0. The minimum Gasteiger partial charge on any atom is -0.0712 e. The fourth-order valence-electron chi connectivity index (χ4n) is 6.21. The Morgan fingerprint density at radius 3 is 1.46 bits per heavy atom. The van der Waals surface area contributed by atoms with E-state index in [4.69, 9.17) is 0 Å². The molecule has 0 amide bonds. The number of allylic oxidation sites excluding steroid dienone is 2. The fourth-order valence-corrected chi connectivity index (χ4v) is 10.4. The van der Waals surface area contributed by atoms with Gasteiger partial charge in [0.05, 0.1) is 0 Å². The third-order valence-electron chi connectivity index (χ3n) is 8.13. The van der Waals surface area contributed by atoms with E-state index < -0.39 is 8.07 Å². The zero-order valence-electron chi connectivity index (χ0n) is 20.7. The molecule has 2 aliphatic carbocycles. The lowest BCUT2D eigenvalue weighted by Gasteiger charge is -2.31. The Balaban J connectivity index is 1.42. The normalized spacial score (nSPS) is 14.3. The van der Waals surface area contributed by atoms with E-state index in [1.807, 2.05) is 0 Å². The van der Waals surface area contributed by atoms with Crippen LogP contribution < -0.4 is 0 Å². The van der Waals surface area contributed by atoms with Crippen LogP contribution in [-0.4, -0.2) is 8.07 Å². The lowest BCUT2D eigenvalue weighted by atomic mass is 9.97. The minimum absolute atomic E-state index is 1.11. The highest BCUT2D eigenvalue weighted by Crippen LogP contribution is 2.45. The van der Waals surface area contributed by atoms with Crippen LogP contribution in [0.1, 0.15) is 35.6 Å². The summed E-state index contributed by atoms with van der Waals surface area (Å²) < 4.78 is 0. The number of benzene rings is 4. The molecule has 35 heavy (non-hydrogen) atoms. The molecule has 0 aromatic heterocycles. The van der Waals surface area contributed by atoms with Crippen molar-refractivity contribution in [3.8, 4) is 22.3 Å². The van der Waals surface area contributed by atoms with Gasteiger partial charge in [0, 0.05) is 0 Å². The van der Waals surface area contributed by atoms with E-state index in [1.165, 1.54) is 57.0 Å². The van der Waals surface area contributed by atoms with Crippen LogP contribution in [-0.2, 0) is 12.8 Å². The fraction of sp³-hybridized carbons (Fsp3) is 0.176. The second-order valence-electron chi connectivity index (χ2n) is 10.3. The molecule has 0 heterocycles. The molecule has 1 heteroatoms. The van der Waals surface area contributed by atoms with E-state index in [1.54, 1.807) is 10.4 Å². The van der Waals surface area contributed by atoms with Gasteiger partial charge in [-0.05, 0) is 57.3 Å². The summed E-state index contributed by atoms with van der Waals surface area (Å²) in [5.41, 5.74) is 11.3. The first-order valence-corrected chi connectivity index (χ1v) is 15.6. The molecule has 0 nitrogen and oxygen atoms in total. The van der Waals surface area contributed by atoms with Gasteiger partial charge in [-0.1, -0.05) is 146 Å². The van der Waals surface area contributed by atoms with Gasteiger partial charge in [-0.2, -0.15) is 0 Å². The minimum atomic E-state index is -1.80. The van der Waals surface area contributed by atoms with E-state index in [9.17, 15) is 0 Å². The molecule has 0 radical (unpaired) electrons. The van der Waals surface area contributed by atoms with Crippen molar-refractivity contribution in [2.45, 2.75) is 38.8 Å². The van der Waals surface area contributed by atoms with Crippen molar-refractivity contribution >= 4 is 20.2 Å². The highest BCUT2D eigenvalue weighted by atomic mass is 28.3. The summed E-state index contributed by atoms with van der Waals surface area (Å²) in [5, 5.41) is 3.41. The molecule has 0 fully saturated rings. The van der Waals surface area contributed by atoms with Crippen molar-refractivity contribution in [1.82, 2.24) is 0 Å². The molecule has 0 unspecified atom stereocenters. The van der Waals surface area contributed by atoms with Gasteiger partial charge in [0.2, 0.25) is 0 Å². The predicted octanol–water partition coefficient (Wildman–Crippen LogP) is 9.17. The monoisotopic (exact) mass is 468 g/mol. The maximum absolute atomic E-state index is 2.64. The smallest absolute Gasteiger partial charge is 0.0712 e. The number of rotatable bonds is 6. The molecule has 0 saturated carbocycles. The van der Waals surface area contributed by atoms with Gasteiger partial charge in [-0.15, -0.1) is 0 Å². The van der Waals surface area contributed by atoms with Crippen LogP contribution in [0.2, 0.25) is 12.6 Å². The Morgan fingerprint density at radius 1 is 0.571 bits per heavy atom. The molecule has 4 aromatic carbocycles. The summed E-state index contributed by atoms with van der Waals surface area (Å²) >= 11 is 0. The molecular weight excluding hydrogens is 436 g/mol. The third-order valence-corrected chi connectivity index (χ3v) is 13.1. The van der Waals surface area contributed by atoms with Crippen molar-refractivity contribution in [3.63, 3.8) is 0 Å². The Hall–Kier alpha value is -3.42. The topological polar surface area (TPSA) is 0 Å². The van der Waals surface area contributed by atoms with Crippen LogP contribution in [0.15, 0.2) is 107 Å². The average Bonchev–Trinajstić information content (AvgIpc) is 3.55. The van der Waals surface area contributed by atoms with E-state index in [0.717, 1.165) is 12.8 Å². The molecule has 2 aliphatic rings. The van der Waals surface area contributed by atoms with E-state index >= 15 is 0 Å². The lowest BCUT2D eigenvalue weighted by Crippen LogP contribution is -2.36. The van der Waals surface area contributed by atoms with Crippen LogP contribution >= 0.6 is 0 Å². The van der Waals surface area contributed by atoms with Crippen molar-refractivity contribution in [1.29, 1.82) is 0 Å². The third kappa shape index (κ3) is 3.85. The van der Waals surface area contributed by atoms with Gasteiger partial charge < -0.3 is 0 Å². The van der Waals surface area contributed by atoms with E-state index in [0.29, 0.717) is 0 Å².